The van der Waals surface area contributed by atoms with Crippen molar-refractivity contribution in [1.82, 2.24) is 10.2 Å². The quantitative estimate of drug-likeness (QED) is 0.557. The maximum absolute atomic E-state index is 13.2. The fourth-order valence-electron chi connectivity index (χ4n) is 3.20. The number of hydrogen-bond donors (Lipinski definition) is 1. The molecule has 0 saturated carbocycles. The molecule has 2 unspecified atom stereocenters. The molecule has 2 aromatic carbocycles. The summed E-state index contributed by atoms with van der Waals surface area (Å²) in [6, 6.07) is 12.5. The van der Waals surface area contributed by atoms with Gasteiger partial charge in [-0.25, -0.2) is 0 Å². The van der Waals surface area contributed by atoms with E-state index in [1.807, 2.05) is 71.0 Å². The molecule has 0 radical (unpaired) electrons. The first kappa shape index (κ1) is 24.7. The highest BCUT2D eigenvalue weighted by Crippen LogP contribution is 2.21. The highest BCUT2D eigenvalue weighted by molar-refractivity contribution is 6.31. The van der Waals surface area contributed by atoms with E-state index in [0.29, 0.717) is 17.2 Å². The number of ether oxygens (including phenoxy) is 1. The van der Waals surface area contributed by atoms with Crippen LogP contribution in [-0.4, -0.2) is 35.4 Å². The van der Waals surface area contributed by atoms with Gasteiger partial charge in [0.1, 0.15) is 11.8 Å². The summed E-state index contributed by atoms with van der Waals surface area (Å²) in [4.78, 5) is 27.7. The lowest BCUT2D eigenvalue weighted by Gasteiger charge is -2.31. The Balaban J connectivity index is 2.24. The second kappa shape index (κ2) is 11.8. The van der Waals surface area contributed by atoms with Crippen molar-refractivity contribution in [2.24, 2.45) is 0 Å². The minimum Gasteiger partial charge on any atom is -0.484 e. The Kier molecular flexibility index (Phi) is 9.38. The lowest BCUT2D eigenvalue weighted by Crippen LogP contribution is -2.51. The normalized spacial score (nSPS) is 12.7. The SMILES string of the molecule is CCC(C)NC(=O)C(CC)N(Cc1ccccc1Cl)C(=O)COc1ccc(C)c(C)c1. The first-order valence-corrected chi connectivity index (χ1v) is 11.2. The van der Waals surface area contributed by atoms with Gasteiger partial charge in [0.25, 0.3) is 5.91 Å². The Morgan fingerprint density at radius 3 is 2.39 bits per heavy atom. The number of rotatable bonds is 10. The number of nitrogens with zero attached hydrogens (tertiary/aromatic N) is 1. The van der Waals surface area contributed by atoms with Crippen LogP contribution in [0.1, 0.15) is 50.3 Å². The topological polar surface area (TPSA) is 58.6 Å². The molecule has 0 aliphatic heterocycles. The summed E-state index contributed by atoms with van der Waals surface area (Å²) in [5, 5.41) is 3.56. The van der Waals surface area contributed by atoms with Gasteiger partial charge in [0.15, 0.2) is 6.61 Å². The third-order valence-corrected chi connectivity index (χ3v) is 5.89. The van der Waals surface area contributed by atoms with Crippen molar-refractivity contribution in [3.63, 3.8) is 0 Å². The van der Waals surface area contributed by atoms with Gasteiger partial charge in [-0.1, -0.05) is 49.7 Å². The molecule has 0 bridgehead atoms. The van der Waals surface area contributed by atoms with Crippen molar-refractivity contribution < 1.29 is 14.3 Å². The van der Waals surface area contributed by atoms with Gasteiger partial charge >= 0.3 is 0 Å². The van der Waals surface area contributed by atoms with Gasteiger partial charge in [-0.3, -0.25) is 9.59 Å². The molecule has 5 nitrogen and oxygen atoms in total. The molecule has 168 valence electrons. The Bertz CT molecular complexity index is 900. The Morgan fingerprint density at radius 1 is 1.06 bits per heavy atom. The van der Waals surface area contributed by atoms with Crippen LogP contribution in [0.2, 0.25) is 5.02 Å². The van der Waals surface area contributed by atoms with Crippen molar-refractivity contribution in [2.45, 2.75) is 66.1 Å². The van der Waals surface area contributed by atoms with E-state index < -0.39 is 6.04 Å². The number of carbonyl (C=O) groups excluding carboxylic acids is 2. The molecule has 0 aromatic heterocycles. The fraction of sp³-hybridized carbons (Fsp3) is 0.440. The molecule has 0 heterocycles. The number of halogens is 1. The van der Waals surface area contributed by atoms with E-state index in [0.717, 1.165) is 23.1 Å². The van der Waals surface area contributed by atoms with Crippen LogP contribution in [0, 0.1) is 13.8 Å². The summed E-state index contributed by atoms with van der Waals surface area (Å²) in [5.74, 6) is 0.207. The highest BCUT2D eigenvalue weighted by Gasteiger charge is 2.30. The van der Waals surface area contributed by atoms with E-state index >= 15 is 0 Å². The van der Waals surface area contributed by atoms with E-state index in [-0.39, 0.29) is 31.0 Å². The highest BCUT2D eigenvalue weighted by atomic mass is 35.5. The number of carbonyl (C=O) groups is 2. The van der Waals surface area contributed by atoms with Crippen LogP contribution in [-0.2, 0) is 16.1 Å². The van der Waals surface area contributed by atoms with Crippen molar-refractivity contribution >= 4 is 23.4 Å². The summed E-state index contributed by atoms with van der Waals surface area (Å²) in [6.07, 6.45) is 1.30. The van der Waals surface area contributed by atoms with Crippen LogP contribution in [0.4, 0.5) is 0 Å². The van der Waals surface area contributed by atoms with Gasteiger partial charge in [-0.15, -0.1) is 0 Å². The lowest BCUT2D eigenvalue weighted by molar-refractivity contribution is -0.143. The van der Waals surface area contributed by atoms with E-state index in [1.54, 1.807) is 11.0 Å². The summed E-state index contributed by atoms with van der Waals surface area (Å²) in [7, 11) is 0. The second-order valence-corrected chi connectivity index (χ2v) is 8.30. The summed E-state index contributed by atoms with van der Waals surface area (Å²) >= 11 is 6.34. The van der Waals surface area contributed by atoms with Gasteiger partial charge in [-0.05, 0) is 68.5 Å². The number of aryl methyl sites for hydroxylation is 2. The van der Waals surface area contributed by atoms with Gasteiger partial charge in [-0.2, -0.15) is 0 Å². The van der Waals surface area contributed by atoms with Gasteiger partial charge in [0, 0.05) is 17.6 Å². The van der Waals surface area contributed by atoms with Crippen LogP contribution in [0.3, 0.4) is 0 Å². The largest absolute Gasteiger partial charge is 0.484 e. The van der Waals surface area contributed by atoms with Crippen LogP contribution in [0.15, 0.2) is 42.5 Å². The smallest absolute Gasteiger partial charge is 0.261 e. The Morgan fingerprint density at radius 2 is 1.77 bits per heavy atom. The standard InChI is InChI=1S/C25H33ClN2O3/c1-6-19(5)27-25(30)23(7-2)28(15-20-10-8-9-11-22(20)26)24(29)16-31-21-13-12-17(3)18(4)14-21/h8-14,19,23H,6-7,15-16H2,1-5H3,(H,27,30). The molecule has 6 heteroatoms. The number of benzene rings is 2. The molecule has 0 saturated heterocycles. The molecule has 2 amide bonds. The van der Waals surface area contributed by atoms with Crippen LogP contribution in [0.5, 0.6) is 5.75 Å². The predicted octanol–water partition coefficient (Wildman–Crippen LogP) is 5.06. The molecular formula is C25H33ClN2O3. The molecule has 2 aromatic rings. The van der Waals surface area contributed by atoms with E-state index in [9.17, 15) is 9.59 Å². The fourth-order valence-corrected chi connectivity index (χ4v) is 3.40. The Labute approximate surface area is 190 Å². The van der Waals surface area contributed by atoms with Crippen LogP contribution >= 0.6 is 11.6 Å². The minimum absolute atomic E-state index is 0.0330. The molecule has 0 aliphatic rings. The average Bonchev–Trinajstić information content (AvgIpc) is 2.75. The van der Waals surface area contributed by atoms with Gasteiger partial charge < -0.3 is 15.0 Å². The third-order valence-electron chi connectivity index (χ3n) is 5.53. The predicted molar refractivity (Wildman–Crippen MR) is 125 cm³/mol. The first-order valence-electron chi connectivity index (χ1n) is 10.8. The van der Waals surface area contributed by atoms with Crippen LogP contribution in [0.25, 0.3) is 0 Å². The van der Waals surface area contributed by atoms with Gasteiger partial charge in [0.2, 0.25) is 5.91 Å². The van der Waals surface area contributed by atoms with Crippen LogP contribution < -0.4 is 10.1 Å². The van der Waals surface area contributed by atoms with Crippen molar-refractivity contribution in [3.05, 3.63) is 64.2 Å². The molecule has 0 spiro atoms. The third kappa shape index (κ3) is 7.00. The zero-order valence-electron chi connectivity index (χ0n) is 19.1. The molecular weight excluding hydrogens is 412 g/mol. The summed E-state index contributed by atoms with van der Waals surface area (Å²) < 4.78 is 5.77. The zero-order valence-corrected chi connectivity index (χ0v) is 19.8. The summed E-state index contributed by atoms with van der Waals surface area (Å²) in [5.41, 5.74) is 3.04. The molecule has 31 heavy (non-hydrogen) atoms. The van der Waals surface area contributed by atoms with E-state index in [2.05, 4.69) is 5.32 Å². The van der Waals surface area contributed by atoms with Crippen molar-refractivity contribution in [2.75, 3.05) is 6.61 Å². The zero-order chi connectivity index (χ0) is 23.0. The monoisotopic (exact) mass is 444 g/mol. The van der Waals surface area contributed by atoms with Crippen molar-refractivity contribution in [1.29, 1.82) is 0 Å². The number of amides is 2. The lowest BCUT2D eigenvalue weighted by atomic mass is 10.1. The minimum atomic E-state index is -0.610. The maximum Gasteiger partial charge on any atom is 0.261 e. The molecule has 2 rings (SSSR count). The average molecular weight is 445 g/mol. The van der Waals surface area contributed by atoms with E-state index in [4.69, 9.17) is 16.3 Å². The van der Waals surface area contributed by atoms with Gasteiger partial charge in [0.05, 0.1) is 0 Å². The molecule has 0 aliphatic carbocycles. The molecule has 0 fully saturated rings. The molecule has 1 N–H and O–H groups in total. The Hall–Kier alpha value is -2.53. The van der Waals surface area contributed by atoms with E-state index in [1.165, 1.54) is 0 Å². The van der Waals surface area contributed by atoms with Crippen molar-refractivity contribution in [3.8, 4) is 5.75 Å². The number of hydrogen-bond acceptors (Lipinski definition) is 3. The number of nitrogens with one attached hydrogen (secondary N) is 1. The molecule has 2 atom stereocenters. The first-order chi connectivity index (χ1) is 14.8. The summed E-state index contributed by atoms with van der Waals surface area (Å²) in [6.45, 7) is 9.97. The maximum atomic E-state index is 13.2. The second-order valence-electron chi connectivity index (χ2n) is 7.89.